The first kappa shape index (κ1) is 14.2. The van der Waals surface area contributed by atoms with Gasteiger partial charge in [-0.2, -0.15) is 0 Å². The molecule has 1 aromatic rings. The largest absolute Gasteiger partial charge is 0.478 e. The summed E-state index contributed by atoms with van der Waals surface area (Å²) in [5, 5.41) is 8.81. The topological polar surface area (TPSA) is 63.6 Å². The summed E-state index contributed by atoms with van der Waals surface area (Å²) >= 11 is 0. The maximum atomic E-state index is 11.6. The third-order valence-electron chi connectivity index (χ3n) is 2.50. The summed E-state index contributed by atoms with van der Waals surface area (Å²) in [7, 11) is 0. The Bertz CT molecular complexity index is 424. The minimum atomic E-state index is -1.05. The van der Waals surface area contributed by atoms with Gasteiger partial charge in [0.15, 0.2) is 0 Å². The quantitative estimate of drug-likeness (QED) is 0.622. The van der Waals surface area contributed by atoms with E-state index in [9.17, 15) is 9.59 Å². The molecule has 0 amide bonds. The van der Waals surface area contributed by atoms with Gasteiger partial charge in [-0.1, -0.05) is 19.9 Å². The zero-order valence-electron chi connectivity index (χ0n) is 10.7. The highest BCUT2D eigenvalue weighted by Gasteiger charge is 2.10. The van der Waals surface area contributed by atoms with Crippen LogP contribution in [-0.4, -0.2) is 23.7 Å². The second-order valence-electron chi connectivity index (χ2n) is 4.56. The monoisotopic (exact) mass is 250 g/mol. The molecular formula is C14H18O4. The minimum absolute atomic E-state index is 0.0895. The molecule has 0 bridgehead atoms. The van der Waals surface area contributed by atoms with Gasteiger partial charge in [0.1, 0.15) is 0 Å². The molecule has 0 aromatic heterocycles. The van der Waals surface area contributed by atoms with Crippen LogP contribution in [0.5, 0.6) is 0 Å². The number of carbonyl (C=O) groups excluding carboxylic acids is 1. The molecule has 0 atom stereocenters. The van der Waals surface area contributed by atoms with Crippen LogP contribution < -0.4 is 0 Å². The molecular weight excluding hydrogens is 232 g/mol. The summed E-state index contributed by atoms with van der Waals surface area (Å²) in [6.45, 7) is 4.59. The van der Waals surface area contributed by atoms with Gasteiger partial charge < -0.3 is 9.84 Å². The average molecular weight is 250 g/mol. The van der Waals surface area contributed by atoms with Crippen LogP contribution in [0.25, 0.3) is 0 Å². The van der Waals surface area contributed by atoms with Crippen LogP contribution in [0.4, 0.5) is 0 Å². The Morgan fingerprint density at radius 1 is 1.28 bits per heavy atom. The number of ether oxygens (including phenoxy) is 1. The standard InChI is InChI=1S/C14H18O4/c1-10(2)5-4-8-18-14(17)12-7-3-6-11(9-12)13(15)16/h3,6-7,9-10H,4-5,8H2,1-2H3,(H,15,16). The summed E-state index contributed by atoms with van der Waals surface area (Å²) in [4.78, 5) is 22.4. The van der Waals surface area contributed by atoms with Gasteiger partial charge in [-0.15, -0.1) is 0 Å². The maximum Gasteiger partial charge on any atom is 0.338 e. The Labute approximate surface area is 107 Å². The molecule has 18 heavy (non-hydrogen) atoms. The fraction of sp³-hybridized carbons (Fsp3) is 0.429. The number of carbonyl (C=O) groups is 2. The molecule has 0 aliphatic carbocycles. The zero-order valence-corrected chi connectivity index (χ0v) is 10.7. The number of hydrogen-bond acceptors (Lipinski definition) is 3. The molecule has 1 N–H and O–H groups in total. The predicted molar refractivity (Wildman–Crippen MR) is 67.8 cm³/mol. The predicted octanol–water partition coefficient (Wildman–Crippen LogP) is 2.98. The molecule has 98 valence electrons. The van der Waals surface area contributed by atoms with Crippen molar-refractivity contribution < 1.29 is 19.4 Å². The number of aromatic carboxylic acids is 1. The van der Waals surface area contributed by atoms with Gasteiger partial charge in [-0.3, -0.25) is 0 Å². The smallest absolute Gasteiger partial charge is 0.338 e. The highest BCUT2D eigenvalue weighted by molar-refractivity contribution is 5.94. The SMILES string of the molecule is CC(C)CCCOC(=O)c1cccc(C(=O)O)c1. The van der Waals surface area contributed by atoms with E-state index in [1.165, 1.54) is 18.2 Å². The lowest BCUT2D eigenvalue weighted by Gasteiger charge is -2.06. The summed E-state index contributed by atoms with van der Waals surface area (Å²) in [6, 6.07) is 5.86. The Balaban J connectivity index is 2.51. The lowest BCUT2D eigenvalue weighted by Crippen LogP contribution is -2.08. The van der Waals surface area contributed by atoms with E-state index in [2.05, 4.69) is 13.8 Å². The van der Waals surface area contributed by atoms with E-state index in [4.69, 9.17) is 9.84 Å². The fourth-order valence-electron chi connectivity index (χ4n) is 1.52. The van der Waals surface area contributed by atoms with Crippen LogP contribution in [0.3, 0.4) is 0 Å². The molecule has 0 saturated heterocycles. The number of hydrogen-bond donors (Lipinski definition) is 1. The van der Waals surface area contributed by atoms with Gasteiger partial charge in [0.25, 0.3) is 0 Å². The van der Waals surface area contributed by atoms with Crippen molar-refractivity contribution in [3.05, 3.63) is 35.4 Å². The normalized spacial score (nSPS) is 10.4. The van der Waals surface area contributed by atoms with E-state index in [0.29, 0.717) is 12.5 Å². The molecule has 0 aliphatic rings. The molecule has 0 radical (unpaired) electrons. The lowest BCUT2D eigenvalue weighted by atomic mass is 10.1. The van der Waals surface area contributed by atoms with Crippen molar-refractivity contribution in [2.45, 2.75) is 26.7 Å². The molecule has 4 nitrogen and oxygen atoms in total. The van der Waals surface area contributed by atoms with E-state index < -0.39 is 11.9 Å². The van der Waals surface area contributed by atoms with Crippen molar-refractivity contribution >= 4 is 11.9 Å². The Morgan fingerprint density at radius 3 is 2.56 bits per heavy atom. The van der Waals surface area contributed by atoms with Gasteiger partial charge in [-0.25, -0.2) is 9.59 Å². The third kappa shape index (κ3) is 4.57. The molecule has 4 heteroatoms. The van der Waals surface area contributed by atoms with Gasteiger partial charge in [-0.05, 0) is 37.0 Å². The Hall–Kier alpha value is -1.84. The second kappa shape index (κ2) is 6.79. The lowest BCUT2D eigenvalue weighted by molar-refractivity contribution is 0.0494. The van der Waals surface area contributed by atoms with E-state index >= 15 is 0 Å². The number of esters is 1. The minimum Gasteiger partial charge on any atom is -0.478 e. The fourth-order valence-corrected chi connectivity index (χ4v) is 1.52. The van der Waals surface area contributed by atoms with E-state index in [1.807, 2.05) is 0 Å². The summed E-state index contributed by atoms with van der Waals surface area (Å²) in [5.74, 6) is -0.939. The number of carboxylic acids is 1. The molecule has 1 aromatic carbocycles. The zero-order chi connectivity index (χ0) is 13.5. The molecule has 0 spiro atoms. The Kier molecular flexibility index (Phi) is 5.36. The van der Waals surface area contributed by atoms with Crippen molar-refractivity contribution in [3.63, 3.8) is 0 Å². The molecule has 0 heterocycles. The van der Waals surface area contributed by atoms with Crippen LogP contribution in [0.2, 0.25) is 0 Å². The molecule has 0 aliphatic heterocycles. The summed E-state index contributed by atoms with van der Waals surface area (Å²) < 4.78 is 5.08. The van der Waals surface area contributed by atoms with Crippen molar-refractivity contribution in [3.8, 4) is 0 Å². The maximum absolute atomic E-state index is 11.6. The number of benzene rings is 1. The van der Waals surface area contributed by atoms with Gasteiger partial charge >= 0.3 is 11.9 Å². The highest BCUT2D eigenvalue weighted by Crippen LogP contribution is 2.08. The van der Waals surface area contributed by atoms with E-state index in [0.717, 1.165) is 12.8 Å². The van der Waals surface area contributed by atoms with E-state index in [-0.39, 0.29) is 11.1 Å². The van der Waals surface area contributed by atoms with Crippen molar-refractivity contribution in [2.75, 3.05) is 6.61 Å². The van der Waals surface area contributed by atoms with Crippen molar-refractivity contribution in [1.29, 1.82) is 0 Å². The molecule has 0 saturated carbocycles. The van der Waals surface area contributed by atoms with Gasteiger partial charge in [0.2, 0.25) is 0 Å². The van der Waals surface area contributed by atoms with Crippen LogP contribution in [0, 0.1) is 5.92 Å². The first-order chi connectivity index (χ1) is 8.50. The average Bonchev–Trinajstić information content (AvgIpc) is 2.34. The molecule has 0 fully saturated rings. The molecule has 0 unspecified atom stereocenters. The van der Waals surface area contributed by atoms with Crippen LogP contribution in [0.15, 0.2) is 24.3 Å². The molecule has 1 rings (SSSR count). The highest BCUT2D eigenvalue weighted by atomic mass is 16.5. The van der Waals surface area contributed by atoms with E-state index in [1.54, 1.807) is 6.07 Å². The summed E-state index contributed by atoms with van der Waals surface area (Å²) in [6.07, 6.45) is 1.82. The second-order valence-corrected chi connectivity index (χ2v) is 4.56. The van der Waals surface area contributed by atoms with Crippen molar-refractivity contribution in [2.24, 2.45) is 5.92 Å². The summed E-state index contributed by atoms with van der Waals surface area (Å²) in [5.41, 5.74) is 0.367. The number of rotatable bonds is 6. The first-order valence-electron chi connectivity index (χ1n) is 6.01. The van der Waals surface area contributed by atoms with Crippen LogP contribution >= 0.6 is 0 Å². The Morgan fingerprint density at radius 2 is 1.94 bits per heavy atom. The van der Waals surface area contributed by atoms with Crippen molar-refractivity contribution in [1.82, 2.24) is 0 Å². The third-order valence-corrected chi connectivity index (χ3v) is 2.50. The first-order valence-corrected chi connectivity index (χ1v) is 6.01. The van der Waals surface area contributed by atoms with Crippen LogP contribution in [0.1, 0.15) is 47.4 Å². The van der Waals surface area contributed by atoms with Gasteiger partial charge in [0, 0.05) is 0 Å². The number of carboxylic acid groups (broad SMARTS) is 1. The van der Waals surface area contributed by atoms with Gasteiger partial charge in [0.05, 0.1) is 17.7 Å². The van der Waals surface area contributed by atoms with Crippen LogP contribution in [-0.2, 0) is 4.74 Å².